The van der Waals surface area contributed by atoms with Gasteiger partial charge in [-0.15, -0.1) is 0 Å². The van der Waals surface area contributed by atoms with Crippen molar-refractivity contribution in [2.45, 2.75) is 32.7 Å². The summed E-state index contributed by atoms with van der Waals surface area (Å²) < 4.78 is 0. The van der Waals surface area contributed by atoms with Crippen LogP contribution in [0.15, 0.2) is 18.2 Å². The minimum absolute atomic E-state index is 0.174. The molecule has 0 saturated heterocycles. The number of carbonyl (C=O) groups excluding carboxylic acids is 1. The molecule has 1 aliphatic rings. The van der Waals surface area contributed by atoms with E-state index in [2.05, 4.69) is 25.2 Å². The van der Waals surface area contributed by atoms with Crippen molar-refractivity contribution in [2.24, 2.45) is 0 Å². The number of amides is 1. The minimum Gasteiger partial charge on any atom is -0.376 e. The van der Waals surface area contributed by atoms with Crippen LogP contribution in [-0.4, -0.2) is 30.4 Å². The molecule has 1 saturated carbocycles. The van der Waals surface area contributed by atoms with Crippen LogP contribution in [0.5, 0.6) is 0 Å². The summed E-state index contributed by atoms with van der Waals surface area (Å²) in [5, 5.41) is 3.23. The lowest BCUT2D eigenvalue weighted by molar-refractivity contribution is -0.128. The molecule has 92 valence electrons. The minimum atomic E-state index is 0.174. The summed E-state index contributed by atoms with van der Waals surface area (Å²) in [6.07, 6.45) is 2.32. The molecule has 1 amide bonds. The van der Waals surface area contributed by atoms with Crippen molar-refractivity contribution in [3.05, 3.63) is 29.3 Å². The summed E-state index contributed by atoms with van der Waals surface area (Å²) in [5.74, 6) is 0.174. The van der Waals surface area contributed by atoms with Crippen LogP contribution in [0.4, 0.5) is 5.69 Å². The zero-order valence-corrected chi connectivity index (χ0v) is 10.8. The number of nitrogens with one attached hydrogen (secondary N) is 1. The number of rotatable bonds is 4. The summed E-state index contributed by atoms with van der Waals surface area (Å²) in [7, 11) is 1.89. The van der Waals surface area contributed by atoms with Gasteiger partial charge < -0.3 is 10.2 Å². The monoisotopic (exact) mass is 232 g/mol. The van der Waals surface area contributed by atoms with Gasteiger partial charge in [0.15, 0.2) is 0 Å². The maximum absolute atomic E-state index is 11.9. The number of benzene rings is 1. The average Bonchev–Trinajstić information content (AvgIpc) is 3.13. The normalized spacial score (nSPS) is 14.5. The Morgan fingerprint density at radius 1 is 1.41 bits per heavy atom. The fourth-order valence-corrected chi connectivity index (χ4v) is 1.90. The highest BCUT2D eigenvalue weighted by atomic mass is 16.2. The molecule has 0 aromatic heterocycles. The van der Waals surface area contributed by atoms with Crippen molar-refractivity contribution in [1.82, 2.24) is 4.90 Å². The van der Waals surface area contributed by atoms with Crippen molar-refractivity contribution in [2.75, 3.05) is 18.9 Å². The van der Waals surface area contributed by atoms with E-state index in [0.717, 1.165) is 18.5 Å². The summed E-state index contributed by atoms with van der Waals surface area (Å²) in [4.78, 5) is 13.7. The Morgan fingerprint density at radius 3 is 2.76 bits per heavy atom. The molecule has 0 heterocycles. The van der Waals surface area contributed by atoms with E-state index in [1.54, 1.807) is 0 Å². The SMILES string of the molecule is Cc1cccc(NCC(=O)N(C)C2CC2)c1C. The Bertz CT molecular complexity index is 424. The van der Waals surface area contributed by atoms with E-state index in [-0.39, 0.29) is 5.91 Å². The van der Waals surface area contributed by atoms with E-state index in [4.69, 9.17) is 0 Å². The Morgan fingerprint density at radius 2 is 2.12 bits per heavy atom. The molecule has 1 aliphatic carbocycles. The quantitative estimate of drug-likeness (QED) is 0.864. The van der Waals surface area contributed by atoms with E-state index >= 15 is 0 Å². The van der Waals surface area contributed by atoms with E-state index in [1.165, 1.54) is 11.1 Å². The second-order valence-corrected chi connectivity index (χ2v) is 4.84. The van der Waals surface area contributed by atoms with Gasteiger partial charge in [0.25, 0.3) is 0 Å². The van der Waals surface area contributed by atoms with Gasteiger partial charge in [-0.25, -0.2) is 0 Å². The molecule has 1 N–H and O–H groups in total. The molecule has 0 aliphatic heterocycles. The average molecular weight is 232 g/mol. The Hall–Kier alpha value is -1.51. The Kier molecular flexibility index (Phi) is 3.36. The molecule has 1 aromatic carbocycles. The first-order chi connectivity index (χ1) is 8.09. The molecule has 3 heteroatoms. The van der Waals surface area contributed by atoms with Gasteiger partial charge in [0, 0.05) is 18.8 Å². The van der Waals surface area contributed by atoms with E-state index in [0.29, 0.717) is 12.6 Å². The molecule has 0 bridgehead atoms. The molecular formula is C14H20N2O. The number of anilines is 1. The predicted molar refractivity (Wildman–Crippen MR) is 70.2 cm³/mol. The topological polar surface area (TPSA) is 32.3 Å². The van der Waals surface area contributed by atoms with Crippen molar-refractivity contribution in [1.29, 1.82) is 0 Å². The van der Waals surface area contributed by atoms with E-state index in [9.17, 15) is 4.79 Å². The summed E-state index contributed by atoms with van der Waals surface area (Å²) in [6, 6.07) is 6.61. The summed E-state index contributed by atoms with van der Waals surface area (Å²) in [5.41, 5.74) is 3.52. The summed E-state index contributed by atoms with van der Waals surface area (Å²) >= 11 is 0. The van der Waals surface area contributed by atoms with Gasteiger partial charge in [-0.2, -0.15) is 0 Å². The standard InChI is InChI=1S/C14H20N2O/c1-10-5-4-6-13(11(10)2)15-9-14(17)16(3)12-7-8-12/h4-6,12,15H,7-9H2,1-3H3. The fraction of sp³-hybridized carbons (Fsp3) is 0.500. The van der Waals surface area contributed by atoms with Crippen molar-refractivity contribution < 1.29 is 4.79 Å². The zero-order chi connectivity index (χ0) is 12.4. The van der Waals surface area contributed by atoms with Crippen LogP contribution >= 0.6 is 0 Å². The molecule has 0 atom stereocenters. The third kappa shape index (κ3) is 2.78. The second kappa shape index (κ2) is 4.78. The molecule has 1 fully saturated rings. The highest BCUT2D eigenvalue weighted by Gasteiger charge is 2.29. The highest BCUT2D eigenvalue weighted by Crippen LogP contribution is 2.25. The van der Waals surface area contributed by atoms with Crippen LogP contribution in [-0.2, 0) is 4.79 Å². The van der Waals surface area contributed by atoms with Gasteiger partial charge in [-0.1, -0.05) is 12.1 Å². The molecule has 3 nitrogen and oxygen atoms in total. The van der Waals surface area contributed by atoms with E-state index < -0.39 is 0 Å². The van der Waals surface area contributed by atoms with Crippen molar-refractivity contribution >= 4 is 11.6 Å². The van der Waals surface area contributed by atoms with Gasteiger partial charge in [0.2, 0.25) is 5.91 Å². The smallest absolute Gasteiger partial charge is 0.241 e. The van der Waals surface area contributed by atoms with Gasteiger partial charge in [0.1, 0.15) is 0 Å². The van der Waals surface area contributed by atoms with Crippen LogP contribution in [0.3, 0.4) is 0 Å². The lowest BCUT2D eigenvalue weighted by atomic mass is 10.1. The number of hydrogen-bond donors (Lipinski definition) is 1. The molecule has 0 radical (unpaired) electrons. The van der Waals surface area contributed by atoms with Gasteiger partial charge in [-0.05, 0) is 43.9 Å². The van der Waals surface area contributed by atoms with Crippen molar-refractivity contribution in [3.8, 4) is 0 Å². The van der Waals surface area contributed by atoms with Gasteiger partial charge in [-0.3, -0.25) is 4.79 Å². The van der Waals surface area contributed by atoms with Crippen LogP contribution in [0.2, 0.25) is 0 Å². The maximum atomic E-state index is 11.9. The maximum Gasteiger partial charge on any atom is 0.241 e. The lowest BCUT2D eigenvalue weighted by Gasteiger charge is -2.18. The number of likely N-dealkylation sites (N-methyl/N-ethyl adjacent to an activating group) is 1. The lowest BCUT2D eigenvalue weighted by Crippen LogP contribution is -2.33. The van der Waals surface area contributed by atoms with Crippen LogP contribution in [0, 0.1) is 13.8 Å². The predicted octanol–water partition coefficient (Wildman–Crippen LogP) is 2.34. The van der Waals surface area contributed by atoms with Gasteiger partial charge in [0.05, 0.1) is 6.54 Å². The molecule has 0 unspecified atom stereocenters. The summed E-state index contributed by atoms with van der Waals surface area (Å²) in [6.45, 7) is 4.54. The molecule has 17 heavy (non-hydrogen) atoms. The first kappa shape index (κ1) is 12.0. The second-order valence-electron chi connectivity index (χ2n) is 4.84. The Balaban J connectivity index is 1.93. The Labute approximate surface area is 103 Å². The third-order valence-corrected chi connectivity index (χ3v) is 3.52. The van der Waals surface area contributed by atoms with Crippen LogP contribution in [0.25, 0.3) is 0 Å². The van der Waals surface area contributed by atoms with Crippen LogP contribution in [0.1, 0.15) is 24.0 Å². The zero-order valence-electron chi connectivity index (χ0n) is 10.8. The first-order valence-corrected chi connectivity index (χ1v) is 6.15. The van der Waals surface area contributed by atoms with Gasteiger partial charge >= 0.3 is 0 Å². The number of hydrogen-bond acceptors (Lipinski definition) is 2. The van der Waals surface area contributed by atoms with E-state index in [1.807, 2.05) is 24.1 Å². The molecule has 0 spiro atoms. The number of nitrogens with zero attached hydrogens (tertiary/aromatic N) is 1. The first-order valence-electron chi connectivity index (χ1n) is 6.15. The number of aryl methyl sites for hydroxylation is 1. The van der Waals surface area contributed by atoms with Crippen molar-refractivity contribution in [3.63, 3.8) is 0 Å². The molecular weight excluding hydrogens is 212 g/mol. The highest BCUT2D eigenvalue weighted by molar-refractivity contribution is 5.81. The molecule has 2 rings (SSSR count). The van der Waals surface area contributed by atoms with Crippen LogP contribution < -0.4 is 5.32 Å². The number of carbonyl (C=O) groups is 1. The molecule has 1 aromatic rings. The largest absolute Gasteiger partial charge is 0.376 e. The fourth-order valence-electron chi connectivity index (χ4n) is 1.90. The third-order valence-electron chi connectivity index (χ3n) is 3.52.